The maximum atomic E-state index is 5.31. The Hall–Kier alpha value is -7.49. The summed E-state index contributed by atoms with van der Waals surface area (Å²) in [5.41, 5.74) is 18.8. The maximum Gasteiger partial charge on any atom is 0.160 e. The SMILES string of the molecule is C=C(/C=C(\N=C(/C)c1ccccc1)c1ccc(C2(c3ccc(-c4cc(-c5cccc(-c6ccccc6)c5)nc(C5=CCCC=C5)n4)cc3)CCCCC2)cc1)c1cccc(C2=CC=CCC2)c1. The third-order valence-corrected chi connectivity index (χ3v) is 13.8. The van der Waals surface area contributed by atoms with Crippen LogP contribution in [0.4, 0.5) is 0 Å². The van der Waals surface area contributed by atoms with Crippen molar-refractivity contribution < 1.29 is 0 Å². The zero-order valence-corrected chi connectivity index (χ0v) is 38.5. The largest absolute Gasteiger partial charge is 0.252 e. The Balaban J connectivity index is 0.985. The van der Waals surface area contributed by atoms with E-state index in [1.807, 2.05) is 0 Å². The molecule has 0 unspecified atom stereocenters. The van der Waals surface area contributed by atoms with Crippen molar-refractivity contribution in [2.75, 3.05) is 0 Å². The van der Waals surface area contributed by atoms with Crippen LogP contribution in [0.3, 0.4) is 0 Å². The molecule has 1 heterocycles. The van der Waals surface area contributed by atoms with Gasteiger partial charge in [0.25, 0.3) is 0 Å². The Morgan fingerprint density at radius 2 is 1.22 bits per heavy atom. The number of allylic oxidation sites excluding steroid dienone is 10. The number of rotatable bonds is 12. The van der Waals surface area contributed by atoms with E-state index in [0.717, 1.165) is 106 Å². The van der Waals surface area contributed by atoms with Crippen LogP contribution in [0.25, 0.3) is 56.1 Å². The highest BCUT2D eigenvalue weighted by atomic mass is 14.9. The summed E-state index contributed by atoms with van der Waals surface area (Å²) in [6.45, 7) is 6.70. The summed E-state index contributed by atoms with van der Waals surface area (Å²) < 4.78 is 0. The number of benzene rings is 6. The van der Waals surface area contributed by atoms with Crippen molar-refractivity contribution in [1.29, 1.82) is 0 Å². The monoisotopic (exact) mass is 867 g/mol. The van der Waals surface area contributed by atoms with Gasteiger partial charge in [-0.3, -0.25) is 4.99 Å². The van der Waals surface area contributed by atoms with Gasteiger partial charge in [-0.1, -0.05) is 208 Å². The predicted octanol–water partition coefficient (Wildman–Crippen LogP) is 16.8. The molecule has 10 rings (SSSR count). The fourth-order valence-electron chi connectivity index (χ4n) is 10.1. The molecule has 0 aliphatic heterocycles. The standard InChI is InChI=1S/C64H57N3/c1-46(54-28-18-29-55(43-54)49-22-10-4-11-23-49)42-60(65-47(2)48-20-8-3-9-21-48)51-32-36-58(37-33-51)64(40-16-7-17-41-64)59-38-34-52(35-39-59)61-45-62(67-63(66-61)53-26-14-6-15-27-53)57-31-19-30-56(44-57)50-24-12-5-13-25-50/h3-5,8-10,12-14,18-22,24-39,42-45H,1,6-7,11,15-17,23,40-41H2,2H3/b60-42-,65-47+. The highest BCUT2D eigenvalue weighted by Crippen LogP contribution is 2.46. The first-order valence-corrected chi connectivity index (χ1v) is 24.1. The average molecular weight is 868 g/mol. The molecule has 0 bridgehead atoms. The molecular formula is C64H57N3. The highest BCUT2D eigenvalue weighted by molar-refractivity contribution is 6.02. The number of nitrogens with zero attached hydrogens (tertiary/aromatic N) is 3. The summed E-state index contributed by atoms with van der Waals surface area (Å²) in [7, 11) is 0. The Morgan fingerprint density at radius 3 is 1.94 bits per heavy atom. The minimum Gasteiger partial charge on any atom is -0.252 e. The van der Waals surface area contributed by atoms with Crippen molar-refractivity contribution >= 4 is 28.1 Å². The second-order valence-electron chi connectivity index (χ2n) is 18.2. The molecule has 67 heavy (non-hydrogen) atoms. The Labute approximate surface area is 397 Å². The van der Waals surface area contributed by atoms with Crippen molar-refractivity contribution in [3.63, 3.8) is 0 Å². The molecule has 7 aromatic rings. The molecular weight excluding hydrogens is 811 g/mol. The Morgan fingerprint density at radius 1 is 0.567 bits per heavy atom. The van der Waals surface area contributed by atoms with E-state index in [1.54, 1.807) is 0 Å². The molecule has 0 saturated heterocycles. The molecule has 3 heteroatoms. The summed E-state index contributed by atoms with van der Waals surface area (Å²) in [5, 5.41) is 0. The van der Waals surface area contributed by atoms with Gasteiger partial charge in [-0.15, -0.1) is 0 Å². The van der Waals surface area contributed by atoms with E-state index in [0.29, 0.717) is 0 Å². The number of hydrogen-bond donors (Lipinski definition) is 0. The summed E-state index contributed by atoms with van der Waals surface area (Å²) >= 11 is 0. The molecule has 0 atom stereocenters. The van der Waals surface area contributed by atoms with Crippen molar-refractivity contribution in [2.24, 2.45) is 4.99 Å². The van der Waals surface area contributed by atoms with Gasteiger partial charge in [-0.05, 0) is 120 Å². The van der Waals surface area contributed by atoms with Gasteiger partial charge < -0.3 is 0 Å². The first kappa shape index (κ1) is 43.4. The van der Waals surface area contributed by atoms with Crippen molar-refractivity contribution in [3.8, 4) is 33.6 Å². The Kier molecular flexibility index (Phi) is 12.9. The van der Waals surface area contributed by atoms with E-state index in [9.17, 15) is 0 Å². The lowest BCUT2D eigenvalue weighted by Crippen LogP contribution is -2.30. The number of hydrogen-bond acceptors (Lipinski definition) is 3. The van der Waals surface area contributed by atoms with Gasteiger partial charge in [-0.2, -0.15) is 0 Å². The molecule has 0 amide bonds. The van der Waals surface area contributed by atoms with E-state index < -0.39 is 0 Å². The summed E-state index contributed by atoms with van der Waals surface area (Å²) in [6.07, 6.45) is 25.5. The molecule has 6 aromatic carbocycles. The van der Waals surface area contributed by atoms with Crippen LogP contribution in [0.15, 0.2) is 218 Å². The zero-order valence-electron chi connectivity index (χ0n) is 38.5. The first-order valence-electron chi connectivity index (χ1n) is 24.1. The fourth-order valence-corrected chi connectivity index (χ4v) is 10.1. The van der Waals surface area contributed by atoms with E-state index in [-0.39, 0.29) is 5.41 Å². The summed E-state index contributed by atoms with van der Waals surface area (Å²) in [5.74, 6) is 0.769. The van der Waals surface area contributed by atoms with Crippen LogP contribution < -0.4 is 0 Å². The third-order valence-electron chi connectivity index (χ3n) is 13.8. The molecule has 328 valence electrons. The van der Waals surface area contributed by atoms with Crippen LogP contribution in [-0.4, -0.2) is 15.7 Å². The lowest BCUT2D eigenvalue weighted by atomic mass is 9.65. The van der Waals surface area contributed by atoms with Gasteiger partial charge in [0, 0.05) is 33.4 Å². The number of aliphatic imine (C=N–C) groups is 1. The highest BCUT2D eigenvalue weighted by Gasteiger charge is 2.36. The van der Waals surface area contributed by atoms with E-state index >= 15 is 0 Å². The van der Waals surface area contributed by atoms with Crippen LogP contribution in [0.5, 0.6) is 0 Å². The second kappa shape index (κ2) is 19.9. The van der Waals surface area contributed by atoms with Crippen molar-refractivity contribution in [1.82, 2.24) is 9.97 Å². The van der Waals surface area contributed by atoms with Crippen LogP contribution >= 0.6 is 0 Å². The van der Waals surface area contributed by atoms with Gasteiger partial charge in [0.1, 0.15) is 0 Å². The second-order valence-corrected chi connectivity index (χ2v) is 18.2. The molecule has 0 N–H and O–H groups in total. The van der Waals surface area contributed by atoms with Gasteiger partial charge in [0.15, 0.2) is 5.82 Å². The molecule has 3 aliphatic rings. The van der Waals surface area contributed by atoms with Crippen molar-refractivity contribution in [3.05, 3.63) is 252 Å². The molecule has 1 aromatic heterocycles. The number of aromatic nitrogens is 2. The molecule has 0 radical (unpaired) electrons. The lowest BCUT2D eigenvalue weighted by molar-refractivity contribution is 0.346. The van der Waals surface area contributed by atoms with Crippen LogP contribution in [0.1, 0.15) is 104 Å². The molecule has 3 aliphatic carbocycles. The van der Waals surface area contributed by atoms with Gasteiger partial charge in [-0.25, -0.2) is 9.97 Å². The quantitative estimate of drug-likeness (QED) is 0.0906. The normalized spacial score (nSPS) is 16.0. The van der Waals surface area contributed by atoms with E-state index in [1.165, 1.54) is 52.7 Å². The molecule has 3 nitrogen and oxygen atoms in total. The smallest absolute Gasteiger partial charge is 0.160 e. The topological polar surface area (TPSA) is 38.1 Å². The van der Waals surface area contributed by atoms with Crippen LogP contribution in [0.2, 0.25) is 0 Å². The minimum absolute atomic E-state index is 0.0903. The molecule has 1 saturated carbocycles. The maximum absolute atomic E-state index is 5.31. The van der Waals surface area contributed by atoms with E-state index in [4.69, 9.17) is 15.0 Å². The van der Waals surface area contributed by atoms with Gasteiger partial charge >= 0.3 is 0 Å². The molecule has 1 fully saturated rings. The summed E-state index contributed by atoms with van der Waals surface area (Å²) in [4.78, 5) is 15.7. The summed E-state index contributed by atoms with van der Waals surface area (Å²) in [6, 6.07) is 59.2. The van der Waals surface area contributed by atoms with E-state index in [2.05, 4.69) is 220 Å². The van der Waals surface area contributed by atoms with Gasteiger partial charge in [0.2, 0.25) is 0 Å². The average Bonchev–Trinajstić information content (AvgIpc) is 3.42. The third kappa shape index (κ3) is 9.74. The predicted molar refractivity (Wildman–Crippen MR) is 283 cm³/mol. The Bertz CT molecular complexity index is 3080. The lowest BCUT2D eigenvalue weighted by Gasteiger charge is -2.39. The fraction of sp³-hybridized carbons (Fsp3) is 0.172. The minimum atomic E-state index is -0.0903. The zero-order chi connectivity index (χ0) is 45.4. The van der Waals surface area contributed by atoms with Gasteiger partial charge in [0.05, 0.1) is 17.1 Å². The van der Waals surface area contributed by atoms with Crippen LogP contribution in [-0.2, 0) is 5.41 Å². The van der Waals surface area contributed by atoms with Crippen molar-refractivity contribution in [2.45, 2.75) is 70.1 Å². The first-order chi connectivity index (χ1) is 33.0. The molecule has 0 spiro atoms. The van der Waals surface area contributed by atoms with Crippen LogP contribution in [0, 0.1) is 0 Å².